The molecule has 1 unspecified atom stereocenters. The van der Waals surface area contributed by atoms with Crippen molar-refractivity contribution in [2.24, 2.45) is 0 Å². The summed E-state index contributed by atoms with van der Waals surface area (Å²) in [5.74, 6) is 1.30. The molecule has 1 aromatic heterocycles. The minimum Gasteiger partial charge on any atom is -0.486 e. The molecule has 1 N–H and O–H groups in total. The Bertz CT molecular complexity index is 739. The molecular formula is C17H18N2O3S. The molecule has 0 saturated heterocycles. The standard InChI is InChI=1S/C17H18N2O3S/c1-11(14-10-23-12(2)19-14)18-17(20)6-4-13-3-5-15-16(9-13)22-8-7-21-15/h3-6,9-11H,7-8H2,1-2H3,(H,18,20)/b6-4-. The van der Waals surface area contributed by atoms with Crippen molar-refractivity contribution in [2.45, 2.75) is 19.9 Å². The number of hydrogen-bond donors (Lipinski definition) is 1. The second kappa shape index (κ2) is 6.83. The van der Waals surface area contributed by atoms with Gasteiger partial charge in [-0.05, 0) is 37.6 Å². The molecule has 0 saturated carbocycles. The lowest BCUT2D eigenvalue weighted by Crippen LogP contribution is -2.24. The molecule has 23 heavy (non-hydrogen) atoms. The molecule has 120 valence electrons. The minimum atomic E-state index is -0.155. The molecule has 1 aromatic carbocycles. The van der Waals surface area contributed by atoms with Crippen molar-refractivity contribution in [3.05, 3.63) is 45.9 Å². The SMILES string of the molecule is Cc1nc(C(C)NC(=O)/C=C\c2ccc3c(c2)OCCO3)cs1. The summed E-state index contributed by atoms with van der Waals surface area (Å²) in [5, 5.41) is 5.86. The van der Waals surface area contributed by atoms with E-state index in [9.17, 15) is 4.79 Å². The largest absolute Gasteiger partial charge is 0.486 e. The first-order chi connectivity index (χ1) is 11.1. The second-order valence-electron chi connectivity index (χ2n) is 5.26. The molecule has 0 radical (unpaired) electrons. The number of aryl methyl sites for hydroxylation is 1. The van der Waals surface area contributed by atoms with E-state index in [1.807, 2.05) is 37.4 Å². The van der Waals surface area contributed by atoms with Crippen molar-refractivity contribution >= 4 is 23.3 Å². The van der Waals surface area contributed by atoms with Gasteiger partial charge in [-0.15, -0.1) is 11.3 Å². The van der Waals surface area contributed by atoms with Gasteiger partial charge in [-0.2, -0.15) is 0 Å². The van der Waals surface area contributed by atoms with Crippen LogP contribution in [0.15, 0.2) is 29.7 Å². The number of hydrogen-bond acceptors (Lipinski definition) is 5. The molecule has 0 aliphatic carbocycles. The van der Waals surface area contributed by atoms with Crippen LogP contribution in [-0.4, -0.2) is 24.1 Å². The molecule has 2 heterocycles. The number of thiazole rings is 1. The van der Waals surface area contributed by atoms with E-state index < -0.39 is 0 Å². The Morgan fingerprint density at radius 2 is 2.13 bits per heavy atom. The van der Waals surface area contributed by atoms with E-state index in [1.54, 1.807) is 17.4 Å². The summed E-state index contributed by atoms with van der Waals surface area (Å²) in [4.78, 5) is 16.4. The third-order valence-electron chi connectivity index (χ3n) is 3.43. The van der Waals surface area contributed by atoms with Crippen LogP contribution in [-0.2, 0) is 4.79 Å². The number of nitrogens with one attached hydrogen (secondary N) is 1. The summed E-state index contributed by atoms with van der Waals surface area (Å²) in [6.07, 6.45) is 3.27. The molecule has 0 spiro atoms. The van der Waals surface area contributed by atoms with Crippen molar-refractivity contribution in [3.63, 3.8) is 0 Å². The molecule has 1 amide bonds. The van der Waals surface area contributed by atoms with Crippen LogP contribution in [0.2, 0.25) is 0 Å². The van der Waals surface area contributed by atoms with Gasteiger partial charge in [0.25, 0.3) is 0 Å². The third-order valence-corrected chi connectivity index (χ3v) is 4.22. The highest BCUT2D eigenvalue weighted by molar-refractivity contribution is 7.09. The lowest BCUT2D eigenvalue weighted by Gasteiger charge is -2.18. The summed E-state index contributed by atoms with van der Waals surface area (Å²) < 4.78 is 11.0. The smallest absolute Gasteiger partial charge is 0.244 e. The number of ether oxygens (including phenoxy) is 2. The highest BCUT2D eigenvalue weighted by Gasteiger charge is 2.12. The molecule has 6 heteroatoms. The Morgan fingerprint density at radius 3 is 2.87 bits per heavy atom. The molecule has 1 aliphatic heterocycles. The van der Waals surface area contributed by atoms with Crippen LogP contribution in [0.1, 0.15) is 29.2 Å². The lowest BCUT2D eigenvalue weighted by molar-refractivity contribution is -0.117. The number of benzene rings is 1. The van der Waals surface area contributed by atoms with Gasteiger partial charge >= 0.3 is 0 Å². The van der Waals surface area contributed by atoms with Crippen LogP contribution in [0, 0.1) is 6.92 Å². The average Bonchev–Trinajstić information content (AvgIpc) is 2.99. The normalized spacial score (nSPS) is 14.7. The summed E-state index contributed by atoms with van der Waals surface area (Å²) >= 11 is 1.58. The van der Waals surface area contributed by atoms with Gasteiger partial charge in [0.1, 0.15) is 13.2 Å². The number of rotatable bonds is 4. The van der Waals surface area contributed by atoms with E-state index in [0.29, 0.717) is 19.0 Å². The first-order valence-corrected chi connectivity index (χ1v) is 8.30. The predicted molar refractivity (Wildman–Crippen MR) is 89.9 cm³/mol. The number of amides is 1. The molecule has 1 atom stereocenters. The van der Waals surface area contributed by atoms with Crippen molar-refractivity contribution in [3.8, 4) is 11.5 Å². The van der Waals surface area contributed by atoms with Crippen LogP contribution >= 0.6 is 11.3 Å². The Balaban J connectivity index is 1.62. The summed E-state index contributed by atoms with van der Waals surface area (Å²) in [6.45, 7) is 4.98. The fraction of sp³-hybridized carbons (Fsp3) is 0.294. The van der Waals surface area contributed by atoms with Gasteiger partial charge in [0.15, 0.2) is 11.5 Å². The Morgan fingerprint density at radius 1 is 1.35 bits per heavy atom. The Hall–Kier alpha value is -2.34. The van der Waals surface area contributed by atoms with Crippen LogP contribution in [0.5, 0.6) is 11.5 Å². The van der Waals surface area contributed by atoms with Gasteiger partial charge < -0.3 is 14.8 Å². The van der Waals surface area contributed by atoms with E-state index in [2.05, 4.69) is 10.3 Å². The van der Waals surface area contributed by atoms with Crippen LogP contribution < -0.4 is 14.8 Å². The molecule has 1 aliphatic rings. The molecule has 0 bridgehead atoms. The first kappa shape index (κ1) is 15.6. The number of carbonyl (C=O) groups is 1. The van der Waals surface area contributed by atoms with Crippen LogP contribution in [0.25, 0.3) is 6.08 Å². The van der Waals surface area contributed by atoms with E-state index in [-0.39, 0.29) is 11.9 Å². The number of nitrogens with zero attached hydrogens (tertiary/aromatic N) is 1. The average molecular weight is 330 g/mol. The van der Waals surface area contributed by atoms with Crippen LogP contribution in [0.4, 0.5) is 0 Å². The maximum atomic E-state index is 12.0. The summed E-state index contributed by atoms with van der Waals surface area (Å²) in [5.41, 5.74) is 1.77. The van der Waals surface area contributed by atoms with Crippen LogP contribution in [0.3, 0.4) is 0 Å². The van der Waals surface area contributed by atoms with Gasteiger partial charge in [0, 0.05) is 11.5 Å². The number of aromatic nitrogens is 1. The zero-order valence-corrected chi connectivity index (χ0v) is 13.9. The fourth-order valence-electron chi connectivity index (χ4n) is 2.25. The van der Waals surface area contributed by atoms with Gasteiger partial charge in [0.05, 0.1) is 16.7 Å². The first-order valence-electron chi connectivity index (χ1n) is 7.42. The van der Waals surface area contributed by atoms with Crippen molar-refractivity contribution in [2.75, 3.05) is 13.2 Å². The van der Waals surface area contributed by atoms with E-state index in [1.165, 1.54) is 6.08 Å². The minimum absolute atomic E-state index is 0.114. The zero-order valence-electron chi connectivity index (χ0n) is 13.0. The molecule has 0 fully saturated rings. The predicted octanol–water partition coefficient (Wildman–Crippen LogP) is 3.11. The van der Waals surface area contributed by atoms with Gasteiger partial charge in [-0.1, -0.05) is 6.07 Å². The summed E-state index contributed by atoms with van der Waals surface area (Å²) in [6, 6.07) is 5.50. The molecule has 5 nitrogen and oxygen atoms in total. The quantitative estimate of drug-likeness (QED) is 0.875. The number of carbonyl (C=O) groups excluding carboxylic acids is 1. The van der Waals surface area contributed by atoms with Gasteiger partial charge in [-0.3, -0.25) is 4.79 Å². The van der Waals surface area contributed by atoms with Gasteiger partial charge in [0.2, 0.25) is 5.91 Å². The van der Waals surface area contributed by atoms with Crippen molar-refractivity contribution in [1.82, 2.24) is 10.3 Å². The Kier molecular flexibility index (Phi) is 4.62. The number of fused-ring (bicyclic) bond motifs is 1. The summed E-state index contributed by atoms with van der Waals surface area (Å²) in [7, 11) is 0. The fourth-order valence-corrected chi connectivity index (χ4v) is 2.96. The third kappa shape index (κ3) is 3.90. The van der Waals surface area contributed by atoms with Crippen molar-refractivity contribution < 1.29 is 14.3 Å². The van der Waals surface area contributed by atoms with E-state index >= 15 is 0 Å². The molecule has 2 aromatic rings. The maximum Gasteiger partial charge on any atom is 0.244 e. The van der Waals surface area contributed by atoms with Crippen molar-refractivity contribution in [1.29, 1.82) is 0 Å². The lowest BCUT2D eigenvalue weighted by atomic mass is 10.1. The molecule has 3 rings (SSSR count). The zero-order chi connectivity index (χ0) is 16.2. The highest BCUT2D eigenvalue weighted by Crippen LogP contribution is 2.31. The Labute approximate surface area is 139 Å². The highest BCUT2D eigenvalue weighted by atomic mass is 32.1. The molecular weight excluding hydrogens is 312 g/mol. The van der Waals surface area contributed by atoms with E-state index in [4.69, 9.17) is 9.47 Å². The van der Waals surface area contributed by atoms with E-state index in [0.717, 1.165) is 22.0 Å². The van der Waals surface area contributed by atoms with Gasteiger partial charge in [-0.25, -0.2) is 4.98 Å². The monoisotopic (exact) mass is 330 g/mol. The second-order valence-corrected chi connectivity index (χ2v) is 6.32. The topological polar surface area (TPSA) is 60.5 Å². The maximum absolute atomic E-state index is 12.0.